The number of rotatable bonds is 10. The fraction of sp³-hybridized carbons (Fsp3) is 0.0182. The monoisotopic (exact) mass is 730 g/mol. The van der Waals surface area contributed by atoms with Crippen molar-refractivity contribution in [3.05, 3.63) is 242 Å². The first-order valence-electron chi connectivity index (χ1n) is 19.5. The molecule has 2 nitrogen and oxygen atoms in total. The smallest absolute Gasteiger partial charge is 0.0490 e. The van der Waals surface area contributed by atoms with Crippen molar-refractivity contribution in [2.24, 2.45) is 0 Å². The summed E-state index contributed by atoms with van der Waals surface area (Å²) in [5.74, 6) is 0. The number of para-hydroxylation sites is 2. The molecule has 0 atom stereocenters. The van der Waals surface area contributed by atoms with Gasteiger partial charge in [-0.3, -0.25) is 0 Å². The second-order valence-electron chi connectivity index (χ2n) is 14.3. The molecule has 0 saturated heterocycles. The van der Waals surface area contributed by atoms with Gasteiger partial charge in [0.15, 0.2) is 0 Å². The average Bonchev–Trinajstić information content (AvgIpc) is 3.29. The Morgan fingerprint density at radius 2 is 0.544 bits per heavy atom. The summed E-state index contributed by atoms with van der Waals surface area (Å²) in [7, 11) is 0. The lowest BCUT2D eigenvalue weighted by atomic mass is 9.99. The molecule has 0 spiro atoms. The molecule has 0 bridgehead atoms. The maximum absolute atomic E-state index is 2.36. The third-order valence-corrected chi connectivity index (χ3v) is 10.6. The SMILES string of the molecule is Cc1ccccc1N(c1ccc(-c2ccccc2)cc1)c1cccc(-c2ccc(-c3cccc(N(c4ccccc4)c4ccc(-c5ccccc5)cc4)c3)cc2)c1. The molecule has 0 saturated carbocycles. The highest BCUT2D eigenvalue weighted by molar-refractivity contribution is 5.84. The van der Waals surface area contributed by atoms with Gasteiger partial charge in [-0.2, -0.15) is 0 Å². The number of benzene rings is 9. The first kappa shape index (κ1) is 35.3. The summed E-state index contributed by atoms with van der Waals surface area (Å²) in [6.07, 6.45) is 0. The van der Waals surface area contributed by atoms with Crippen molar-refractivity contribution >= 4 is 34.1 Å². The van der Waals surface area contributed by atoms with Crippen LogP contribution in [0.4, 0.5) is 34.1 Å². The zero-order chi connectivity index (χ0) is 38.4. The van der Waals surface area contributed by atoms with Crippen LogP contribution in [0, 0.1) is 6.92 Å². The molecule has 57 heavy (non-hydrogen) atoms. The maximum Gasteiger partial charge on any atom is 0.0490 e. The molecule has 0 aromatic heterocycles. The average molecular weight is 731 g/mol. The van der Waals surface area contributed by atoms with Crippen molar-refractivity contribution in [2.75, 3.05) is 9.80 Å². The fourth-order valence-electron chi connectivity index (χ4n) is 7.64. The number of hydrogen-bond donors (Lipinski definition) is 0. The van der Waals surface area contributed by atoms with E-state index >= 15 is 0 Å². The van der Waals surface area contributed by atoms with Gasteiger partial charge in [0.05, 0.1) is 0 Å². The molecule has 9 rings (SSSR count). The topological polar surface area (TPSA) is 6.48 Å². The first-order chi connectivity index (χ1) is 28.2. The molecule has 272 valence electrons. The van der Waals surface area contributed by atoms with Crippen molar-refractivity contribution in [3.8, 4) is 44.5 Å². The van der Waals surface area contributed by atoms with Gasteiger partial charge in [-0.05, 0) is 124 Å². The second kappa shape index (κ2) is 16.1. The number of aryl methyl sites for hydroxylation is 1. The molecule has 0 heterocycles. The van der Waals surface area contributed by atoms with E-state index in [1.807, 2.05) is 0 Å². The second-order valence-corrected chi connectivity index (χ2v) is 14.3. The lowest BCUT2D eigenvalue weighted by Crippen LogP contribution is -2.11. The highest BCUT2D eigenvalue weighted by Gasteiger charge is 2.17. The number of anilines is 6. The van der Waals surface area contributed by atoms with Crippen LogP contribution in [-0.2, 0) is 0 Å². The predicted octanol–water partition coefficient (Wildman–Crippen LogP) is 15.6. The Morgan fingerprint density at radius 3 is 1.04 bits per heavy atom. The fourth-order valence-corrected chi connectivity index (χ4v) is 7.64. The summed E-state index contributed by atoms with van der Waals surface area (Å²) in [5, 5.41) is 0. The molecule has 0 fully saturated rings. The van der Waals surface area contributed by atoms with E-state index in [0.717, 1.165) is 34.1 Å². The summed E-state index contributed by atoms with van der Waals surface area (Å²) in [4.78, 5) is 4.69. The minimum Gasteiger partial charge on any atom is -0.310 e. The van der Waals surface area contributed by atoms with E-state index in [0.29, 0.717) is 0 Å². The molecule has 0 aliphatic heterocycles. The van der Waals surface area contributed by atoms with E-state index in [9.17, 15) is 0 Å². The minimum absolute atomic E-state index is 1.11. The van der Waals surface area contributed by atoms with Crippen molar-refractivity contribution in [1.82, 2.24) is 0 Å². The van der Waals surface area contributed by atoms with E-state index in [1.165, 1.54) is 50.1 Å². The molecular weight excluding hydrogens is 689 g/mol. The summed E-state index contributed by atoms with van der Waals surface area (Å²) in [6, 6.07) is 84.7. The van der Waals surface area contributed by atoms with Gasteiger partial charge in [0, 0.05) is 34.1 Å². The van der Waals surface area contributed by atoms with E-state index in [1.54, 1.807) is 0 Å². The summed E-state index contributed by atoms with van der Waals surface area (Å²) < 4.78 is 0. The lowest BCUT2D eigenvalue weighted by molar-refractivity contribution is 1.25. The van der Waals surface area contributed by atoms with Gasteiger partial charge in [0.1, 0.15) is 0 Å². The van der Waals surface area contributed by atoms with Gasteiger partial charge in [0.25, 0.3) is 0 Å². The van der Waals surface area contributed by atoms with E-state index in [2.05, 4.69) is 253 Å². The Kier molecular flexibility index (Phi) is 9.99. The zero-order valence-electron chi connectivity index (χ0n) is 31.9. The Hall–Kier alpha value is -7.42. The van der Waals surface area contributed by atoms with Gasteiger partial charge in [-0.1, -0.05) is 170 Å². The molecule has 0 aliphatic rings. The maximum atomic E-state index is 2.36. The third-order valence-electron chi connectivity index (χ3n) is 10.6. The van der Waals surface area contributed by atoms with Crippen molar-refractivity contribution in [2.45, 2.75) is 6.92 Å². The van der Waals surface area contributed by atoms with Crippen LogP contribution in [-0.4, -0.2) is 0 Å². The lowest BCUT2D eigenvalue weighted by Gasteiger charge is -2.27. The highest BCUT2D eigenvalue weighted by atomic mass is 15.1. The Balaban J connectivity index is 1.02. The molecule has 2 heteroatoms. The van der Waals surface area contributed by atoms with Gasteiger partial charge in [0.2, 0.25) is 0 Å². The standard InChI is InChI=1S/C55H42N2/c1-41-15-11-12-26-55(41)57(52-37-33-45(34-38-52)43-18-7-3-8-19-43)54-25-14-21-49(40-54)47-29-27-46(28-30-47)48-20-13-24-53(39-48)56(50-22-9-4-10-23-50)51-35-31-44(32-36-51)42-16-5-2-6-17-42/h2-40H,1H3. The molecule has 0 N–H and O–H groups in total. The Labute approximate surface area is 336 Å². The molecule has 0 aliphatic carbocycles. The number of nitrogens with zero attached hydrogens (tertiary/aromatic N) is 2. The summed E-state index contributed by atoms with van der Waals surface area (Å²) in [6.45, 7) is 2.18. The zero-order valence-corrected chi connectivity index (χ0v) is 31.9. The van der Waals surface area contributed by atoms with Crippen LogP contribution in [0.3, 0.4) is 0 Å². The van der Waals surface area contributed by atoms with Crippen LogP contribution in [0.5, 0.6) is 0 Å². The normalized spacial score (nSPS) is 10.9. The van der Waals surface area contributed by atoms with Crippen LogP contribution < -0.4 is 9.80 Å². The number of hydrogen-bond acceptors (Lipinski definition) is 2. The van der Waals surface area contributed by atoms with E-state index in [4.69, 9.17) is 0 Å². The largest absolute Gasteiger partial charge is 0.310 e. The predicted molar refractivity (Wildman–Crippen MR) is 242 cm³/mol. The van der Waals surface area contributed by atoms with Gasteiger partial charge < -0.3 is 9.80 Å². The van der Waals surface area contributed by atoms with Gasteiger partial charge >= 0.3 is 0 Å². The quantitative estimate of drug-likeness (QED) is 0.138. The first-order valence-corrected chi connectivity index (χ1v) is 19.5. The molecule has 0 radical (unpaired) electrons. The van der Waals surface area contributed by atoms with E-state index < -0.39 is 0 Å². The minimum atomic E-state index is 1.11. The van der Waals surface area contributed by atoms with Crippen molar-refractivity contribution in [1.29, 1.82) is 0 Å². The van der Waals surface area contributed by atoms with Crippen molar-refractivity contribution < 1.29 is 0 Å². The van der Waals surface area contributed by atoms with Crippen LogP contribution >= 0.6 is 0 Å². The van der Waals surface area contributed by atoms with Crippen LogP contribution in [0.2, 0.25) is 0 Å². The summed E-state index contributed by atoms with van der Waals surface area (Å²) >= 11 is 0. The van der Waals surface area contributed by atoms with E-state index in [-0.39, 0.29) is 0 Å². The molecule has 0 unspecified atom stereocenters. The molecule has 9 aromatic rings. The van der Waals surface area contributed by atoms with Gasteiger partial charge in [-0.25, -0.2) is 0 Å². The summed E-state index contributed by atoms with van der Waals surface area (Å²) in [5.41, 5.74) is 17.5. The Bertz CT molecular complexity index is 2700. The molecule has 9 aromatic carbocycles. The van der Waals surface area contributed by atoms with Crippen LogP contribution in [0.25, 0.3) is 44.5 Å². The van der Waals surface area contributed by atoms with Crippen molar-refractivity contribution in [3.63, 3.8) is 0 Å². The molecular formula is C55H42N2. The Morgan fingerprint density at radius 1 is 0.228 bits per heavy atom. The van der Waals surface area contributed by atoms with Crippen LogP contribution in [0.1, 0.15) is 5.56 Å². The highest BCUT2D eigenvalue weighted by Crippen LogP contribution is 2.40. The molecule has 0 amide bonds. The van der Waals surface area contributed by atoms with Crippen LogP contribution in [0.15, 0.2) is 237 Å². The van der Waals surface area contributed by atoms with Gasteiger partial charge in [-0.15, -0.1) is 0 Å². The third kappa shape index (κ3) is 7.62.